The first-order chi connectivity index (χ1) is 18.9. The van der Waals surface area contributed by atoms with Crippen LogP contribution in [0.5, 0.6) is 0 Å². The van der Waals surface area contributed by atoms with Gasteiger partial charge in [-0.05, 0) is 41.3 Å². The standard InChI is InChI=1S/C30H29N5O4/c1-19-15-27(36)33-34-28(19)21-11-13-23(14-12-21)35(30(38)39-18-20-7-3-2-4-8-20)29(37)25(31)16-22-17-32-26-10-6-5-9-24(22)26/h2-14,17,19,25,32H,15-16,18,31H2,1H3,(H,33,36)/t19?,25-/m0/s1. The van der Waals surface area contributed by atoms with Crippen LogP contribution in [0, 0.1) is 5.92 Å². The van der Waals surface area contributed by atoms with E-state index in [0.717, 1.165) is 38.2 Å². The van der Waals surface area contributed by atoms with Crippen molar-refractivity contribution in [1.82, 2.24) is 10.4 Å². The van der Waals surface area contributed by atoms with Crippen molar-refractivity contribution in [3.63, 3.8) is 0 Å². The fraction of sp³-hybridized carbons (Fsp3) is 0.200. The summed E-state index contributed by atoms with van der Waals surface area (Å²) < 4.78 is 5.53. The normalized spacial score (nSPS) is 15.8. The molecule has 0 saturated carbocycles. The minimum Gasteiger partial charge on any atom is -0.444 e. The van der Waals surface area contributed by atoms with Crippen molar-refractivity contribution in [3.05, 3.63) is 102 Å². The third-order valence-corrected chi connectivity index (χ3v) is 6.72. The number of nitrogens with one attached hydrogen (secondary N) is 2. The van der Waals surface area contributed by atoms with Gasteiger partial charge in [-0.2, -0.15) is 5.10 Å². The zero-order chi connectivity index (χ0) is 27.4. The van der Waals surface area contributed by atoms with E-state index in [9.17, 15) is 14.4 Å². The lowest BCUT2D eigenvalue weighted by atomic mass is 9.94. The first kappa shape index (κ1) is 25.9. The Morgan fingerprint density at radius 2 is 1.77 bits per heavy atom. The van der Waals surface area contributed by atoms with Gasteiger partial charge in [0.15, 0.2) is 0 Å². The van der Waals surface area contributed by atoms with E-state index in [1.54, 1.807) is 24.3 Å². The molecule has 39 heavy (non-hydrogen) atoms. The Labute approximate surface area is 225 Å². The molecule has 1 aromatic heterocycles. The highest BCUT2D eigenvalue weighted by Crippen LogP contribution is 2.24. The highest BCUT2D eigenvalue weighted by molar-refractivity contribution is 6.14. The summed E-state index contributed by atoms with van der Waals surface area (Å²) in [6.07, 6.45) is 1.58. The van der Waals surface area contributed by atoms with Crippen LogP contribution >= 0.6 is 0 Å². The summed E-state index contributed by atoms with van der Waals surface area (Å²) >= 11 is 0. The van der Waals surface area contributed by atoms with Gasteiger partial charge in [-0.1, -0.05) is 67.6 Å². The minimum atomic E-state index is -0.994. The second-order valence-corrected chi connectivity index (χ2v) is 9.57. The number of H-pyrrole nitrogens is 1. The van der Waals surface area contributed by atoms with Gasteiger partial charge in [0.25, 0.3) is 5.91 Å². The number of hydrazone groups is 1. The summed E-state index contributed by atoms with van der Waals surface area (Å²) in [5.41, 5.74) is 13.3. The van der Waals surface area contributed by atoms with Gasteiger partial charge < -0.3 is 15.5 Å². The van der Waals surface area contributed by atoms with Gasteiger partial charge in [0.1, 0.15) is 6.61 Å². The van der Waals surface area contributed by atoms with Crippen molar-refractivity contribution in [1.29, 1.82) is 0 Å². The fourth-order valence-electron chi connectivity index (χ4n) is 4.68. The molecule has 2 atom stereocenters. The number of amides is 3. The first-order valence-electron chi connectivity index (χ1n) is 12.7. The van der Waals surface area contributed by atoms with Crippen molar-refractivity contribution in [3.8, 4) is 0 Å². The zero-order valence-electron chi connectivity index (χ0n) is 21.5. The third-order valence-electron chi connectivity index (χ3n) is 6.72. The van der Waals surface area contributed by atoms with Crippen molar-refractivity contribution in [2.24, 2.45) is 16.8 Å². The van der Waals surface area contributed by atoms with Gasteiger partial charge in [-0.3, -0.25) is 9.59 Å². The predicted octanol–water partition coefficient (Wildman–Crippen LogP) is 4.27. The number of aromatic amines is 1. The zero-order valence-corrected chi connectivity index (χ0v) is 21.5. The average Bonchev–Trinajstić information content (AvgIpc) is 3.36. The van der Waals surface area contributed by atoms with Gasteiger partial charge >= 0.3 is 6.09 Å². The summed E-state index contributed by atoms with van der Waals surface area (Å²) in [4.78, 5) is 42.8. The SMILES string of the molecule is CC1CC(=O)NN=C1c1ccc(N(C(=O)OCc2ccccc2)C(=O)[C@@H](N)Cc2c[nH]c3ccccc23)cc1. The molecular weight excluding hydrogens is 494 g/mol. The molecule has 9 nitrogen and oxygen atoms in total. The van der Waals surface area contributed by atoms with E-state index >= 15 is 0 Å². The Bertz CT molecular complexity index is 1530. The van der Waals surface area contributed by atoms with Gasteiger partial charge in [0.05, 0.1) is 17.4 Å². The smallest absolute Gasteiger partial charge is 0.421 e. The quantitative estimate of drug-likeness (QED) is 0.333. The molecule has 0 fully saturated rings. The monoisotopic (exact) mass is 523 g/mol. The molecule has 198 valence electrons. The molecule has 0 bridgehead atoms. The number of hydrogen-bond acceptors (Lipinski definition) is 6. The molecule has 4 aromatic rings. The molecule has 1 unspecified atom stereocenters. The van der Waals surface area contributed by atoms with E-state index in [-0.39, 0.29) is 24.9 Å². The number of nitrogens with two attached hydrogens (primary N) is 1. The maximum absolute atomic E-state index is 13.7. The molecule has 0 radical (unpaired) electrons. The van der Waals surface area contributed by atoms with Crippen LogP contribution < -0.4 is 16.1 Å². The van der Waals surface area contributed by atoms with Gasteiger partial charge in [0.2, 0.25) is 5.91 Å². The van der Waals surface area contributed by atoms with Crippen LogP contribution in [0.25, 0.3) is 10.9 Å². The van der Waals surface area contributed by atoms with E-state index in [1.807, 2.05) is 67.7 Å². The van der Waals surface area contributed by atoms with Crippen LogP contribution in [0.3, 0.4) is 0 Å². The van der Waals surface area contributed by atoms with Crippen molar-refractivity contribution >= 4 is 40.2 Å². The Morgan fingerprint density at radius 3 is 2.51 bits per heavy atom. The number of carbonyl (C=O) groups excluding carboxylic acids is 3. The minimum absolute atomic E-state index is 0.00718. The molecule has 0 aliphatic carbocycles. The van der Waals surface area contributed by atoms with Gasteiger partial charge in [0, 0.05) is 29.4 Å². The molecule has 1 aliphatic heterocycles. The van der Waals surface area contributed by atoms with Crippen LogP contribution in [0.4, 0.5) is 10.5 Å². The van der Waals surface area contributed by atoms with Gasteiger partial charge in [-0.25, -0.2) is 15.1 Å². The molecular formula is C30H29N5O4. The lowest BCUT2D eigenvalue weighted by Gasteiger charge is -2.24. The molecule has 3 amide bonds. The molecule has 9 heteroatoms. The number of benzene rings is 3. The second kappa shape index (κ2) is 11.3. The number of rotatable bonds is 7. The number of nitrogens with zero attached hydrogens (tertiary/aromatic N) is 2. The van der Waals surface area contributed by atoms with E-state index in [1.165, 1.54) is 0 Å². The third kappa shape index (κ3) is 5.73. The van der Waals surface area contributed by atoms with Gasteiger partial charge in [-0.15, -0.1) is 0 Å². The lowest BCUT2D eigenvalue weighted by molar-refractivity contribution is -0.122. The summed E-state index contributed by atoms with van der Waals surface area (Å²) in [5.74, 6) is -0.783. The Balaban J connectivity index is 1.40. The van der Waals surface area contributed by atoms with Crippen LogP contribution in [0.1, 0.15) is 30.0 Å². The topological polar surface area (TPSA) is 130 Å². The van der Waals surface area contributed by atoms with Crippen LogP contribution in [-0.2, 0) is 27.4 Å². The number of ether oxygens (including phenoxy) is 1. The number of anilines is 1. The van der Waals surface area contributed by atoms with E-state index in [2.05, 4.69) is 15.5 Å². The molecule has 1 aliphatic rings. The average molecular weight is 524 g/mol. The van der Waals surface area contributed by atoms with Crippen LogP contribution in [-0.4, -0.2) is 34.6 Å². The van der Waals surface area contributed by atoms with E-state index in [4.69, 9.17) is 10.5 Å². The number of hydrogen-bond donors (Lipinski definition) is 3. The molecule has 4 N–H and O–H groups in total. The molecule has 0 saturated heterocycles. The first-order valence-corrected chi connectivity index (χ1v) is 12.7. The molecule has 2 heterocycles. The Morgan fingerprint density at radius 1 is 1.05 bits per heavy atom. The summed E-state index contributed by atoms with van der Waals surface area (Å²) in [7, 11) is 0. The number of carbonyl (C=O) groups is 3. The highest BCUT2D eigenvalue weighted by atomic mass is 16.6. The maximum Gasteiger partial charge on any atom is 0.421 e. The predicted molar refractivity (Wildman–Crippen MR) is 149 cm³/mol. The Hall–Kier alpha value is -4.76. The molecule has 0 spiro atoms. The fourth-order valence-corrected chi connectivity index (χ4v) is 4.68. The van der Waals surface area contributed by atoms with Crippen molar-refractivity contribution < 1.29 is 19.1 Å². The van der Waals surface area contributed by atoms with Crippen molar-refractivity contribution in [2.75, 3.05) is 4.90 Å². The number of aromatic nitrogens is 1. The number of imide groups is 1. The summed E-state index contributed by atoms with van der Waals surface area (Å²) in [5, 5.41) is 5.16. The number of para-hydroxylation sites is 1. The molecule has 5 rings (SSSR count). The Kier molecular flexibility index (Phi) is 7.51. The second-order valence-electron chi connectivity index (χ2n) is 9.57. The summed E-state index contributed by atoms with van der Waals surface area (Å²) in [6, 6.07) is 22.8. The lowest BCUT2D eigenvalue weighted by Crippen LogP contribution is -2.48. The highest BCUT2D eigenvalue weighted by Gasteiger charge is 2.31. The van der Waals surface area contributed by atoms with Crippen LogP contribution in [0.15, 0.2) is 90.2 Å². The van der Waals surface area contributed by atoms with Crippen molar-refractivity contribution in [2.45, 2.75) is 32.4 Å². The molecule has 3 aromatic carbocycles. The van der Waals surface area contributed by atoms with Crippen LogP contribution in [0.2, 0.25) is 0 Å². The summed E-state index contributed by atoms with van der Waals surface area (Å²) in [6.45, 7) is 1.93. The van der Waals surface area contributed by atoms with E-state index < -0.39 is 18.0 Å². The largest absolute Gasteiger partial charge is 0.444 e. The maximum atomic E-state index is 13.7. The van der Waals surface area contributed by atoms with E-state index in [0.29, 0.717) is 12.1 Å². The number of fused-ring (bicyclic) bond motifs is 1.